The van der Waals surface area contributed by atoms with Gasteiger partial charge < -0.3 is 14.8 Å². The Morgan fingerprint density at radius 1 is 1.16 bits per heavy atom. The second-order valence-electron chi connectivity index (χ2n) is 9.60. The van der Waals surface area contributed by atoms with Crippen LogP contribution in [0.1, 0.15) is 28.8 Å². The molecule has 2 aliphatic rings. The lowest BCUT2D eigenvalue weighted by Gasteiger charge is -2.26. The summed E-state index contributed by atoms with van der Waals surface area (Å²) in [6, 6.07) is 12.1. The molecule has 0 saturated carbocycles. The molecule has 2 aromatic carbocycles. The Balaban J connectivity index is 1.21. The van der Waals surface area contributed by atoms with Crippen LogP contribution in [0, 0.1) is 0 Å². The number of hydrogen-bond acceptors (Lipinski definition) is 7. The predicted molar refractivity (Wildman–Crippen MR) is 146 cm³/mol. The van der Waals surface area contributed by atoms with Gasteiger partial charge in [0, 0.05) is 37.6 Å². The first-order chi connectivity index (χ1) is 18.7. The summed E-state index contributed by atoms with van der Waals surface area (Å²) in [5.74, 6) is 1.02. The third kappa shape index (κ3) is 5.41. The number of aromatic amines is 3. The number of fused-ring (bicyclic) bond motifs is 1. The number of rotatable bonds is 8. The quantitative estimate of drug-likeness (QED) is 0.296. The van der Waals surface area contributed by atoms with Gasteiger partial charge in [0.05, 0.1) is 37.8 Å². The molecule has 10 nitrogen and oxygen atoms in total. The van der Waals surface area contributed by atoms with E-state index in [1.54, 1.807) is 25.3 Å². The van der Waals surface area contributed by atoms with Crippen LogP contribution in [0.3, 0.4) is 0 Å². The lowest BCUT2D eigenvalue weighted by Crippen LogP contribution is -2.35. The number of hydrogen-bond donors (Lipinski definition) is 3. The molecule has 4 aromatic rings. The molecule has 0 atom stereocenters. The van der Waals surface area contributed by atoms with Crippen LogP contribution >= 0.6 is 11.9 Å². The van der Waals surface area contributed by atoms with Gasteiger partial charge in [-0.25, -0.2) is 14.3 Å². The zero-order valence-corrected chi connectivity index (χ0v) is 22.2. The second-order valence-corrected chi connectivity index (χ2v) is 10.8. The van der Waals surface area contributed by atoms with E-state index in [4.69, 9.17) is 9.47 Å². The molecule has 11 heteroatoms. The van der Waals surface area contributed by atoms with Gasteiger partial charge in [0.1, 0.15) is 5.75 Å². The molecule has 2 fully saturated rings. The number of carbonyl (C=O) groups excluding carboxylic acids is 1. The Labute approximate surface area is 225 Å². The number of imidazole rings is 1. The molecule has 1 amide bonds. The van der Waals surface area contributed by atoms with Crippen molar-refractivity contribution in [1.82, 2.24) is 24.4 Å². The zero-order valence-electron chi connectivity index (χ0n) is 21.4. The number of morpholine rings is 1. The molecule has 38 heavy (non-hydrogen) atoms. The van der Waals surface area contributed by atoms with E-state index in [2.05, 4.69) is 52.9 Å². The van der Waals surface area contributed by atoms with Gasteiger partial charge in [0.15, 0.2) is 16.7 Å². The number of nitrogens with one attached hydrogen (secondary N) is 4. The van der Waals surface area contributed by atoms with Gasteiger partial charge in [-0.2, -0.15) is 5.10 Å². The van der Waals surface area contributed by atoms with E-state index in [1.807, 2.05) is 18.2 Å². The number of amides is 1. The van der Waals surface area contributed by atoms with Gasteiger partial charge in [-0.15, -0.1) is 0 Å². The van der Waals surface area contributed by atoms with E-state index in [0.29, 0.717) is 22.7 Å². The van der Waals surface area contributed by atoms with Gasteiger partial charge in [-0.05, 0) is 60.7 Å². The Kier molecular flexibility index (Phi) is 7.32. The van der Waals surface area contributed by atoms with E-state index in [0.717, 1.165) is 67.7 Å². The minimum atomic E-state index is -0.253. The molecule has 2 aromatic heterocycles. The molecule has 4 N–H and O–H groups in total. The molecule has 0 unspecified atom stereocenters. The van der Waals surface area contributed by atoms with Crippen LogP contribution in [-0.2, 0) is 11.3 Å². The summed E-state index contributed by atoms with van der Waals surface area (Å²) < 4.78 is 13.3. The van der Waals surface area contributed by atoms with E-state index in [1.165, 1.54) is 18.4 Å². The normalized spacial score (nSPS) is 16.8. The maximum atomic E-state index is 13.4. The number of H-pyrrole nitrogens is 3. The van der Waals surface area contributed by atoms with Crippen LogP contribution in [0.25, 0.3) is 22.6 Å². The van der Waals surface area contributed by atoms with Crippen LogP contribution in [-0.4, -0.2) is 76.8 Å². The molecule has 0 radical (unpaired) electrons. The summed E-state index contributed by atoms with van der Waals surface area (Å²) in [5, 5.41) is 10.2. The highest BCUT2D eigenvalue weighted by Crippen LogP contribution is 2.32. The van der Waals surface area contributed by atoms with Gasteiger partial charge >= 0.3 is 5.82 Å². The minimum Gasteiger partial charge on any atom is -0.496 e. The molecule has 2 aliphatic heterocycles. The second kappa shape index (κ2) is 11.2. The summed E-state index contributed by atoms with van der Waals surface area (Å²) in [6.07, 6.45) is 4.03. The third-order valence-electron chi connectivity index (χ3n) is 6.97. The Hall–Kier alpha value is -3.38. The fraction of sp³-hybridized carbons (Fsp3) is 0.370. The molecule has 198 valence electrons. The van der Waals surface area contributed by atoms with Crippen molar-refractivity contribution in [2.75, 3.05) is 51.8 Å². The first-order valence-electron chi connectivity index (χ1n) is 13.0. The number of methoxy groups -OCH3 is 1. The highest BCUT2D eigenvalue weighted by Gasteiger charge is 2.23. The maximum absolute atomic E-state index is 13.4. The molecule has 2 saturated heterocycles. The summed E-state index contributed by atoms with van der Waals surface area (Å²) >= 11 is 1.68. The fourth-order valence-corrected chi connectivity index (χ4v) is 5.99. The lowest BCUT2D eigenvalue weighted by atomic mass is 10.2. The van der Waals surface area contributed by atoms with Gasteiger partial charge in [0.2, 0.25) is 0 Å². The Bertz CT molecular complexity index is 1420. The number of nitrogens with zero attached hydrogens (tertiary/aromatic N) is 3. The SMILES string of the molecule is COc1ccc(SN2CCCC2)cc1C(=O)Nc1cn[nH]c1-c1[nH]c2cc(CN3CCOCC3)ccc2[nH+]1. The number of ether oxygens (including phenoxy) is 2. The molecular formula is C27H32N7O3S+. The van der Waals surface area contributed by atoms with Crippen molar-refractivity contribution in [3.63, 3.8) is 0 Å². The number of benzene rings is 2. The summed E-state index contributed by atoms with van der Waals surface area (Å²) in [5.41, 5.74) is 4.93. The summed E-state index contributed by atoms with van der Waals surface area (Å²) in [4.78, 5) is 23.6. The zero-order chi connectivity index (χ0) is 25.9. The predicted octanol–water partition coefficient (Wildman–Crippen LogP) is 3.57. The van der Waals surface area contributed by atoms with Crippen molar-refractivity contribution in [2.45, 2.75) is 24.3 Å². The van der Waals surface area contributed by atoms with Crippen molar-refractivity contribution < 1.29 is 19.3 Å². The van der Waals surface area contributed by atoms with E-state index in [-0.39, 0.29) is 5.91 Å². The van der Waals surface area contributed by atoms with Crippen molar-refractivity contribution in [3.05, 3.63) is 53.7 Å². The summed E-state index contributed by atoms with van der Waals surface area (Å²) in [7, 11) is 1.58. The third-order valence-corrected chi connectivity index (χ3v) is 8.05. The van der Waals surface area contributed by atoms with E-state index in [9.17, 15) is 4.79 Å². The number of carbonyl (C=O) groups is 1. The topological polar surface area (TPSA) is 113 Å². The maximum Gasteiger partial charge on any atom is 0.305 e. The molecular weight excluding hydrogens is 502 g/mol. The average molecular weight is 535 g/mol. The van der Waals surface area contributed by atoms with Crippen LogP contribution < -0.4 is 15.0 Å². The Morgan fingerprint density at radius 2 is 2.00 bits per heavy atom. The smallest absolute Gasteiger partial charge is 0.305 e. The van der Waals surface area contributed by atoms with Gasteiger partial charge in [0.25, 0.3) is 5.91 Å². The molecule has 0 aliphatic carbocycles. The fourth-order valence-electron chi connectivity index (χ4n) is 4.96. The van der Waals surface area contributed by atoms with Gasteiger partial charge in [-0.3, -0.25) is 14.8 Å². The van der Waals surface area contributed by atoms with Crippen molar-refractivity contribution in [2.24, 2.45) is 0 Å². The first kappa shape index (κ1) is 24.9. The average Bonchev–Trinajstić information content (AvgIpc) is 3.70. The summed E-state index contributed by atoms with van der Waals surface area (Å²) in [6.45, 7) is 6.47. The van der Waals surface area contributed by atoms with Crippen LogP contribution in [0.5, 0.6) is 5.75 Å². The van der Waals surface area contributed by atoms with Crippen molar-refractivity contribution >= 4 is 34.6 Å². The highest BCUT2D eigenvalue weighted by molar-refractivity contribution is 7.97. The molecule has 0 bridgehead atoms. The van der Waals surface area contributed by atoms with Crippen LogP contribution in [0.4, 0.5) is 5.69 Å². The van der Waals surface area contributed by atoms with E-state index >= 15 is 0 Å². The monoisotopic (exact) mass is 534 g/mol. The molecule has 6 rings (SSSR count). The van der Waals surface area contributed by atoms with Crippen LogP contribution in [0.15, 0.2) is 47.5 Å². The van der Waals surface area contributed by atoms with E-state index < -0.39 is 0 Å². The lowest BCUT2D eigenvalue weighted by molar-refractivity contribution is -0.330. The standard InChI is InChI=1S/C27H31N7O3S/c1-36-24-7-5-19(38-34-8-2-3-9-34)15-20(24)27(35)31-23-16-28-32-25(23)26-29-21-6-4-18(14-22(21)30-26)17-33-10-12-37-13-11-33/h4-7,14-16H,2-3,8-13,17H2,1H3,(H,28,32)(H,29,30)(H,31,35)/p+1. The largest absolute Gasteiger partial charge is 0.496 e. The van der Waals surface area contributed by atoms with Gasteiger partial charge in [-0.1, -0.05) is 6.07 Å². The first-order valence-corrected chi connectivity index (χ1v) is 13.7. The molecule has 4 heterocycles. The van der Waals surface area contributed by atoms with Crippen molar-refractivity contribution in [1.29, 1.82) is 0 Å². The number of aromatic nitrogens is 4. The number of anilines is 1. The Morgan fingerprint density at radius 3 is 2.82 bits per heavy atom. The minimum absolute atomic E-state index is 0.253. The van der Waals surface area contributed by atoms with Crippen LogP contribution in [0.2, 0.25) is 0 Å². The molecule has 0 spiro atoms. The van der Waals surface area contributed by atoms with Crippen molar-refractivity contribution in [3.8, 4) is 17.3 Å². The highest BCUT2D eigenvalue weighted by atomic mass is 32.2.